The van der Waals surface area contributed by atoms with Crippen LogP contribution in [0.2, 0.25) is 0 Å². The van der Waals surface area contributed by atoms with E-state index in [0.29, 0.717) is 12.3 Å². The van der Waals surface area contributed by atoms with Crippen molar-refractivity contribution in [1.82, 2.24) is 5.32 Å². The van der Waals surface area contributed by atoms with E-state index in [1.165, 1.54) is 7.11 Å². The summed E-state index contributed by atoms with van der Waals surface area (Å²) in [5.41, 5.74) is 0. The Morgan fingerprint density at radius 2 is 2.47 bits per heavy atom. The van der Waals surface area contributed by atoms with Gasteiger partial charge in [0.25, 0.3) is 0 Å². The molecule has 0 aliphatic carbocycles. The van der Waals surface area contributed by atoms with Gasteiger partial charge in [0.2, 0.25) is 0 Å². The van der Waals surface area contributed by atoms with Crippen LogP contribution in [0.5, 0.6) is 0 Å². The first-order chi connectivity index (χ1) is 8.22. The average Bonchev–Trinajstić information content (AvgIpc) is 2.84. The predicted molar refractivity (Wildman–Crippen MR) is 73.2 cm³/mol. The van der Waals surface area contributed by atoms with Crippen molar-refractivity contribution in [2.75, 3.05) is 32.6 Å². The van der Waals surface area contributed by atoms with Crippen LogP contribution in [0.3, 0.4) is 0 Å². The second-order valence-corrected chi connectivity index (χ2v) is 5.70. The van der Waals surface area contributed by atoms with Gasteiger partial charge in [-0.1, -0.05) is 24.0 Å². The Bertz CT molecular complexity index is 255. The molecule has 0 aromatic heterocycles. The summed E-state index contributed by atoms with van der Waals surface area (Å²) >= 11 is 6.77. The van der Waals surface area contributed by atoms with Crippen molar-refractivity contribution in [1.29, 1.82) is 0 Å². The maximum atomic E-state index is 10.9. The quantitative estimate of drug-likeness (QED) is 0.452. The van der Waals surface area contributed by atoms with E-state index in [1.54, 1.807) is 11.8 Å². The van der Waals surface area contributed by atoms with Gasteiger partial charge in [-0.05, 0) is 12.8 Å². The van der Waals surface area contributed by atoms with E-state index in [0.717, 1.165) is 42.7 Å². The summed E-state index contributed by atoms with van der Waals surface area (Å²) in [5.74, 6) is 1.28. The Morgan fingerprint density at radius 3 is 3.12 bits per heavy atom. The van der Waals surface area contributed by atoms with Gasteiger partial charge in [-0.15, -0.1) is 0 Å². The summed E-state index contributed by atoms with van der Waals surface area (Å²) in [6.07, 6.45) is 2.37. The molecule has 1 rings (SSSR count). The Kier molecular flexibility index (Phi) is 7.55. The van der Waals surface area contributed by atoms with Crippen molar-refractivity contribution < 1.29 is 14.3 Å². The third-order valence-electron chi connectivity index (χ3n) is 2.55. The molecule has 4 nitrogen and oxygen atoms in total. The first-order valence-electron chi connectivity index (χ1n) is 5.77. The summed E-state index contributed by atoms with van der Waals surface area (Å²) in [7, 11) is 1.41. The zero-order valence-electron chi connectivity index (χ0n) is 10.1. The van der Waals surface area contributed by atoms with Gasteiger partial charge in [0.1, 0.15) is 4.32 Å². The van der Waals surface area contributed by atoms with Crippen LogP contribution in [-0.4, -0.2) is 42.9 Å². The molecule has 0 radical (unpaired) electrons. The molecule has 0 aromatic rings. The number of hydrogen-bond acceptors (Lipinski definition) is 5. The standard InChI is InChI=1S/C11H19NO3S2/c1-14-10(13)3-2-6-17-11(16)12-7-9-4-5-15-8-9/h9H,2-8H2,1H3,(H,12,16). The monoisotopic (exact) mass is 277 g/mol. The van der Waals surface area contributed by atoms with Crippen molar-refractivity contribution in [3.8, 4) is 0 Å². The molecule has 0 amide bonds. The molecule has 1 aliphatic rings. The van der Waals surface area contributed by atoms with Crippen molar-refractivity contribution in [3.05, 3.63) is 0 Å². The van der Waals surface area contributed by atoms with E-state index >= 15 is 0 Å². The molecule has 1 aliphatic heterocycles. The summed E-state index contributed by atoms with van der Waals surface area (Å²) in [6, 6.07) is 0. The van der Waals surface area contributed by atoms with Gasteiger partial charge < -0.3 is 14.8 Å². The molecule has 1 fully saturated rings. The number of carbonyl (C=O) groups is 1. The number of nitrogens with one attached hydrogen (secondary N) is 1. The summed E-state index contributed by atoms with van der Waals surface area (Å²) in [4.78, 5) is 10.9. The predicted octanol–water partition coefficient (Wildman–Crippen LogP) is 1.58. The normalized spacial score (nSPS) is 19.0. The molecule has 1 saturated heterocycles. The van der Waals surface area contributed by atoms with E-state index in [1.807, 2.05) is 0 Å². The second kappa shape index (κ2) is 8.72. The fraction of sp³-hybridized carbons (Fsp3) is 0.818. The lowest BCUT2D eigenvalue weighted by Gasteiger charge is -2.10. The molecule has 0 saturated carbocycles. The fourth-order valence-corrected chi connectivity index (χ4v) is 2.50. The van der Waals surface area contributed by atoms with Gasteiger partial charge in [-0.3, -0.25) is 4.79 Å². The smallest absolute Gasteiger partial charge is 0.305 e. The number of thiocarbonyl (C=S) groups is 1. The number of rotatable bonds is 6. The van der Waals surface area contributed by atoms with Crippen molar-refractivity contribution in [3.63, 3.8) is 0 Å². The Balaban J connectivity index is 1.95. The highest BCUT2D eigenvalue weighted by atomic mass is 32.2. The van der Waals surface area contributed by atoms with Crippen molar-refractivity contribution in [2.24, 2.45) is 5.92 Å². The number of carbonyl (C=O) groups excluding carboxylic acids is 1. The maximum Gasteiger partial charge on any atom is 0.305 e. The van der Waals surface area contributed by atoms with E-state index in [2.05, 4.69) is 10.1 Å². The van der Waals surface area contributed by atoms with Crippen LogP contribution >= 0.6 is 24.0 Å². The van der Waals surface area contributed by atoms with Crippen LogP contribution < -0.4 is 5.32 Å². The zero-order valence-corrected chi connectivity index (χ0v) is 11.7. The van der Waals surface area contributed by atoms with E-state index in [-0.39, 0.29) is 5.97 Å². The largest absolute Gasteiger partial charge is 0.469 e. The third kappa shape index (κ3) is 6.85. The number of esters is 1. The number of hydrogen-bond donors (Lipinski definition) is 1. The molecule has 98 valence electrons. The summed E-state index contributed by atoms with van der Waals surface area (Å²) < 4.78 is 10.7. The molecular weight excluding hydrogens is 258 g/mol. The fourth-order valence-electron chi connectivity index (χ4n) is 1.51. The zero-order chi connectivity index (χ0) is 12.5. The highest BCUT2D eigenvalue weighted by Gasteiger charge is 2.15. The number of methoxy groups -OCH3 is 1. The topological polar surface area (TPSA) is 47.6 Å². The van der Waals surface area contributed by atoms with Gasteiger partial charge >= 0.3 is 5.97 Å². The number of thioether (sulfide) groups is 1. The van der Waals surface area contributed by atoms with E-state index in [4.69, 9.17) is 17.0 Å². The van der Waals surface area contributed by atoms with Crippen molar-refractivity contribution in [2.45, 2.75) is 19.3 Å². The second-order valence-electron chi connectivity index (χ2n) is 3.93. The van der Waals surface area contributed by atoms with Crippen LogP contribution in [0, 0.1) is 5.92 Å². The lowest BCUT2D eigenvalue weighted by molar-refractivity contribution is -0.140. The highest BCUT2D eigenvalue weighted by Crippen LogP contribution is 2.12. The number of ether oxygens (including phenoxy) is 2. The Hall–Kier alpha value is -0.330. The molecule has 1 unspecified atom stereocenters. The average molecular weight is 277 g/mol. The van der Waals surface area contributed by atoms with Gasteiger partial charge in [0, 0.05) is 31.2 Å². The lowest BCUT2D eigenvalue weighted by Crippen LogP contribution is -2.26. The molecule has 17 heavy (non-hydrogen) atoms. The molecule has 1 N–H and O–H groups in total. The molecule has 0 aromatic carbocycles. The molecular formula is C11H19NO3S2. The molecule has 1 heterocycles. The van der Waals surface area contributed by atoms with Gasteiger partial charge in [-0.25, -0.2) is 0 Å². The van der Waals surface area contributed by atoms with Crippen LogP contribution in [0.15, 0.2) is 0 Å². The molecule has 1 atom stereocenters. The summed E-state index contributed by atoms with van der Waals surface area (Å²) in [6.45, 7) is 2.59. The molecule has 0 spiro atoms. The lowest BCUT2D eigenvalue weighted by atomic mass is 10.1. The minimum atomic E-state index is -0.160. The van der Waals surface area contributed by atoms with Crippen LogP contribution in [0.4, 0.5) is 0 Å². The summed E-state index contributed by atoms with van der Waals surface area (Å²) in [5, 5.41) is 3.22. The van der Waals surface area contributed by atoms with Gasteiger partial charge in [0.15, 0.2) is 0 Å². The van der Waals surface area contributed by atoms with Gasteiger partial charge in [0.05, 0.1) is 13.7 Å². The maximum absolute atomic E-state index is 10.9. The van der Waals surface area contributed by atoms with Gasteiger partial charge in [-0.2, -0.15) is 0 Å². The SMILES string of the molecule is COC(=O)CCCSC(=S)NCC1CCOC1. The Labute approximate surface area is 112 Å². The van der Waals surface area contributed by atoms with Crippen molar-refractivity contribution >= 4 is 34.3 Å². The van der Waals surface area contributed by atoms with Crippen LogP contribution in [0.1, 0.15) is 19.3 Å². The minimum Gasteiger partial charge on any atom is -0.469 e. The molecule has 6 heteroatoms. The first-order valence-corrected chi connectivity index (χ1v) is 7.17. The van der Waals surface area contributed by atoms with E-state index in [9.17, 15) is 4.79 Å². The Morgan fingerprint density at radius 1 is 1.65 bits per heavy atom. The van der Waals surface area contributed by atoms with Crippen LogP contribution in [-0.2, 0) is 14.3 Å². The highest BCUT2D eigenvalue weighted by molar-refractivity contribution is 8.22. The van der Waals surface area contributed by atoms with Crippen LogP contribution in [0.25, 0.3) is 0 Å². The van der Waals surface area contributed by atoms with E-state index < -0.39 is 0 Å². The third-order valence-corrected chi connectivity index (χ3v) is 3.94. The first kappa shape index (κ1) is 14.7. The minimum absolute atomic E-state index is 0.160. The molecule has 0 bridgehead atoms.